The predicted molar refractivity (Wildman–Crippen MR) is 123 cm³/mol. The summed E-state index contributed by atoms with van der Waals surface area (Å²) in [6, 6.07) is 23.9. The van der Waals surface area contributed by atoms with Gasteiger partial charge in [-0.2, -0.15) is 0 Å². The summed E-state index contributed by atoms with van der Waals surface area (Å²) in [6.45, 7) is 2.98. The van der Waals surface area contributed by atoms with Crippen molar-refractivity contribution in [3.63, 3.8) is 0 Å². The number of pyridine rings is 1. The lowest BCUT2D eigenvalue weighted by atomic mass is 10.0. The van der Waals surface area contributed by atoms with Gasteiger partial charge in [0, 0.05) is 18.5 Å². The molecule has 0 aliphatic rings. The average Bonchev–Trinajstić information content (AvgIpc) is 3.19. The van der Waals surface area contributed by atoms with E-state index in [1.54, 1.807) is 16.7 Å². The first kappa shape index (κ1) is 19.1. The molecule has 0 radical (unpaired) electrons. The highest BCUT2D eigenvalue weighted by Gasteiger charge is 2.23. The lowest BCUT2D eigenvalue weighted by Gasteiger charge is -2.09. The molecule has 5 heteroatoms. The third-order valence-corrected chi connectivity index (χ3v) is 5.53. The fourth-order valence-electron chi connectivity index (χ4n) is 4.11. The lowest BCUT2D eigenvalue weighted by Crippen LogP contribution is -2.19. The van der Waals surface area contributed by atoms with Gasteiger partial charge in [-0.3, -0.25) is 4.79 Å². The van der Waals surface area contributed by atoms with E-state index in [1.807, 2.05) is 61.5 Å². The first-order valence-corrected chi connectivity index (χ1v) is 10.3. The number of aromatic nitrogens is 1. The molecule has 0 amide bonds. The molecule has 0 atom stereocenters. The van der Waals surface area contributed by atoms with E-state index in [1.165, 1.54) is 12.1 Å². The van der Waals surface area contributed by atoms with Crippen molar-refractivity contribution in [2.75, 3.05) is 5.32 Å². The van der Waals surface area contributed by atoms with Crippen LogP contribution in [0.5, 0.6) is 0 Å². The van der Waals surface area contributed by atoms with Crippen LogP contribution in [0.25, 0.3) is 33.0 Å². The maximum absolute atomic E-state index is 14.1. The topological polar surface area (TPSA) is 47.2 Å². The van der Waals surface area contributed by atoms with Crippen LogP contribution in [0.15, 0.2) is 88.1 Å². The molecule has 1 N–H and O–H groups in total. The van der Waals surface area contributed by atoms with Gasteiger partial charge < -0.3 is 14.3 Å². The number of rotatable bonds is 5. The molecule has 0 aliphatic carbocycles. The van der Waals surface area contributed by atoms with E-state index in [4.69, 9.17) is 4.42 Å². The predicted octanol–water partition coefficient (Wildman–Crippen LogP) is 6.19. The molecule has 0 saturated heterocycles. The molecule has 0 bridgehead atoms. The van der Waals surface area contributed by atoms with Crippen LogP contribution in [0.2, 0.25) is 0 Å². The number of nitrogens with one attached hydrogen (secondary N) is 1. The first-order valence-electron chi connectivity index (χ1n) is 10.3. The Morgan fingerprint density at radius 2 is 1.74 bits per heavy atom. The molecular formula is C26H21FN2O2. The smallest absolute Gasteiger partial charge is 0.262 e. The number of benzene rings is 3. The van der Waals surface area contributed by atoms with Crippen LogP contribution in [0.3, 0.4) is 0 Å². The summed E-state index contributed by atoms with van der Waals surface area (Å²) in [5.74, 6) is 0.0954. The number of hydrogen-bond donors (Lipinski definition) is 1. The summed E-state index contributed by atoms with van der Waals surface area (Å²) in [6.07, 6.45) is 0. The van der Waals surface area contributed by atoms with Crippen molar-refractivity contribution in [1.29, 1.82) is 0 Å². The largest absolute Gasteiger partial charge is 0.439 e. The quantitative estimate of drug-likeness (QED) is 0.375. The Morgan fingerprint density at radius 3 is 2.52 bits per heavy atom. The second-order valence-corrected chi connectivity index (χ2v) is 7.43. The van der Waals surface area contributed by atoms with Crippen LogP contribution in [-0.4, -0.2) is 4.57 Å². The fourth-order valence-corrected chi connectivity index (χ4v) is 4.11. The molecule has 0 saturated carbocycles. The number of anilines is 1. The van der Waals surface area contributed by atoms with Crippen LogP contribution in [0.1, 0.15) is 12.5 Å². The Labute approximate surface area is 178 Å². The van der Waals surface area contributed by atoms with E-state index in [2.05, 4.69) is 5.32 Å². The van der Waals surface area contributed by atoms with Crippen molar-refractivity contribution in [2.45, 2.75) is 20.0 Å². The Kier molecular flexibility index (Phi) is 4.79. The summed E-state index contributed by atoms with van der Waals surface area (Å²) in [4.78, 5) is 13.5. The molecule has 0 spiro atoms. The van der Waals surface area contributed by atoms with Crippen LogP contribution in [0.4, 0.5) is 10.3 Å². The van der Waals surface area contributed by atoms with Crippen molar-refractivity contribution in [2.24, 2.45) is 0 Å². The standard InChI is InChI=1S/C26H21FN2O2/c1-2-29-21-14-7-6-13-20(21)24-23(26(29)30)22(18-11-8-12-19(27)15-18)25(31-24)28-16-17-9-4-3-5-10-17/h3-15,28H,2,16H2,1H3. The minimum atomic E-state index is -0.363. The molecule has 4 nitrogen and oxygen atoms in total. The van der Waals surface area contributed by atoms with Gasteiger partial charge in [0.25, 0.3) is 5.56 Å². The summed E-state index contributed by atoms with van der Waals surface area (Å²) in [7, 11) is 0. The van der Waals surface area contributed by atoms with Gasteiger partial charge in [-0.25, -0.2) is 4.39 Å². The van der Waals surface area contributed by atoms with E-state index in [-0.39, 0.29) is 11.4 Å². The Bertz CT molecular complexity index is 1450. The molecule has 3 aromatic carbocycles. The van der Waals surface area contributed by atoms with Gasteiger partial charge in [0.15, 0.2) is 5.58 Å². The van der Waals surface area contributed by atoms with Crippen LogP contribution < -0.4 is 10.9 Å². The Morgan fingerprint density at radius 1 is 0.968 bits per heavy atom. The van der Waals surface area contributed by atoms with Crippen molar-refractivity contribution in [3.8, 4) is 11.1 Å². The molecule has 154 valence electrons. The minimum absolute atomic E-state index is 0.146. The molecule has 0 unspecified atom stereocenters. The molecule has 31 heavy (non-hydrogen) atoms. The third-order valence-electron chi connectivity index (χ3n) is 5.53. The molecular weight excluding hydrogens is 391 g/mol. The number of para-hydroxylation sites is 1. The highest BCUT2D eigenvalue weighted by molar-refractivity contribution is 6.10. The van der Waals surface area contributed by atoms with Gasteiger partial charge >= 0.3 is 0 Å². The molecule has 0 aliphatic heterocycles. The maximum Gasteiger partial charge on any atom is 0.262 e. The number of aryl methyl sites for hydroxylation is 1. The van der Waals surface area contributed by atoms with Crippen molar-refractivity contribution < 1.29 is 8.81 Å². The van der Waals surface area contributed by atoms with E-state index in [0.29, 0.717) is 41.1 Å². The van der Waals surface area contributed by atoms with Gasteiger partial charge in [-0.05, 0) is 42.3 Å². The van der Waals surface area contributed by atoms with Gasteiger partial charge in [-0.15, -0.1) is 0 Å². The van der Waals surface area contributed by atoms with E-state index >= 15 is 0 Å². The first-order chi connectivity index (χ1) is 15.2. The molecule has 5 rings (SSSR count). The van der Waals surface area contributed by atoms with Gasteiger partial charge in [-0.1, -0.05) is 54.6 Å². The zero-order chi connectivity index (χ0) is 21.4. The van der Waals surface area contributed by atoms with E-state index in [0.717, 1.165) is 16.5 Å². The minimum Gasteiger partial charge on any atom is -0.439 e. The number of halogens is 1. The second kappa shape index (κ2) is 7.76. The molecule has 2 heterocycles. The van der Waals surface area contributed by atoms with Crippen LogP contribution in [0, 0.1) is 5.82 Å². The lowest BCUT2D eigenvalue weighted by molar-refractivity contribution is 0.626. The number of fused-ring (bicyclic) bond motifs is 3. The number of nitrogens with zero attached hydrogens (tertiary/aromatic N) is 1. The Hall–Kier alpha value is -3.86. The monoisotopic (exact) mass is 412 g/mol. The summed E-state index contributed by atoms with van der Waals surface area (Å²) in [5, 5.41) is 4.64. The average molecular weight is 412 g/mol. The van der Waals surface area contributed by atoms with Crippen LogP contribution >= 0.6 is 0 Å². The molecule has 5 aromatic rings. The van der Waals surface area contributed by atoms with Crippen molar-refractivity contribution in [1.82, 2.24) is 4.57 Å². The van der Waals surface area contributed by atoms with E-state index < -0.39 is 0 Å². The highest BCUT2D eigenvalue weighted by Crippen LogP contribution is 2.40. The van der Waals surface area contributed by atoms with Gasteiger partial charge in [0.2, 0.25) is 5.88 Å². The molecule has 0 fully saturated rings. The van der Waals surface area contributed by atoms with Gasteiger partial charge in [0.05, 0.1) is 16.5 Å². The summed E-state index contributed by atoms with van der Waals surface area (Å²) < 4.78 is 22.1. The summed E-state index contributed by atoms with van der Waals surface area (Å²) >= 11 is 0. The number of hydrogen-bond acceptors (Lipinski definition) is 3. The zero-order valence-electron chi connectivity index (χ0n) is 17.1. The van der Waals surface area contributed by atoms with Crippen molar-refractivity contribution >= 4 is 27.8 Å². The third kappa shape index (κ3) is 3.28. The SMILES string of the molecule is CCn1c(=O)c2c(-c3cccc(F)c3)c(NCc3ccccc3)oc2c2ccccc21. The van der Waals surface area contributed by atoms with Crippen LogP contribution in [-0.2, 0) is 13.1 Å². The van der Waals surface area contributed by atoms with Gasteiger partial charge in [0.1, 0.15) is 5.82 Å². The summed E-state index contributed by atoms with van der Waals surface area (Å²) in [5.41, 5.74) is 3.44. The zero-order valence-corrected chi connectivity index (χ0v) is 17.1. The Balaban J connectivity index is 1.81. The number of furan rings is 1. The van der Waals surface area contributed by atoms with Crippen molar-refractivity contribution in [3.05, 3.63) is 101 Å². The molecule has 2 aromatic heterocycles. The van der Waals surface area contributed by atoms with E-state index in [9.17, 15) is 9.18 Å². The highest BCUT2D eigenvalue weighted by atomic mass is 19.1. The fraction of sp³-hybridized carbons (Fsp3) is 0.115. The second-order valence-electron chi connectivity index (χ2n) is 7.43. The maximum atomic E-state index is 14.1. The normalized spacial score (nSPS) is 11.3.